The van der Waals surface area contributed by atoms with E-state index in [-0.39, 0.29) is 30.0 Å². The molecule has 0 spiro atoms. The third kappa shape index (κ3) is 7.14. The van der Waals surface area contributed by atoms with Gasteiger partial charge in [-0.2, -0.15) is 0 Å². The molecule has 2 N–H and O–H groups in total. The van der Waals surface area contributed by atoms with Crippen LogP contribution < -0.4 is 10.6 Å². The Balaban J connectivity index is 0.00000272. The van der Waals surface area contributed by atoms with Crippen molar-refractivity contribution in [2.24, 2.45) is 4.99 Å². The van der Waals surface area contributed by atoms with Crippen LogP contribution in [0.4, 0.5) is 0 Å². The summed E-state index contributed by atoms with van der Waals surface area (Å²) in [5.74, 6) is 2.78. The number of rotatable bonds is 9. The first-order chi connectivity index (χ1) is 14.9. The third-order valence-electron chi connectivity index (χ3n) is 5.42. The van der Waals surface area contributed by atoms with E-state index in [4.69, 9.17) is 13.8 Å². The normalized spacial score (nSPS) is 15.4. The molecule has 166 valence electrons. The Labute approximate surface area is 201 Å². The highest BCUT2D eigenvalue weighted by atomic mass is 127. The zero-order valence-corrected chi connectivity index (χ0v) is 20.0. The molecule has 1 aliphatic rings. The lowest BCUT2D eigenvalue weighted by atomic mass is 10.2. The van der Waals surface area contributed by atoms with E-state index in [9.17, 15) is 0 Å². The maximum atomic E-state index is 5.75. The predicted molar refractivity (Wildman–Crippen MR) is 134 cm³/mol. The smallest absolute Gasteiger partial charge is 0.191 e. The lowest BCUT2D eigenvalue weighted by Gasteiger charge is -2.26. The van der Waals surface area contributed by atoms with Gasteiger partial charge in [-0.05, 0) is 55.8 Å². The Morgan fingerprint density at radius 1 is 0.935 bits per heavy atom. The fourth-order valence-corrected chi connectivity index (χ4v) is 3.82. The Morgan fingerprint density at radius 2 is 1.71 bits per heavy atom. The molecule has 1 atom stereocenters. The van der Waals surface area contributed by atoms with E-state index < -0.39 is 0 Å². The van der Waals surface area contributed by atoms with Gasteiger partial charge in [0.05, 0.1) is 25.1 Å². The van der Waals surface area contributed by atoms with Crippen molar-refractivity contribution < 1.29 is 8.83 Å². The Morgan fingerprint density at radius 3 is 2.42 bits per heavy atom. The molecule has 0 amide bonds. The van der Waals surface area contributed by atoms with Gasteiger partial charge >= 0.3 is 0 Å². The number of hydrogen-bond acceptors (Lipinski definition) is 4. The van der Waals surface area contributed by atoms with Crippen LogP contribution in [0.25, 0.3) is 0 Å². The van der Waals surface area contributed by atoms with Gasteiger partial charge in [0.1, 0.15) is 11.5 Å². The number of furan rings is 2. The lowest BCUT2D eigenvalue weighted by Crippen LogP contribution is -2.43. The summed E-state index contributed by atoms with van der Waals surface area (Å²) in [6.07, 6.45) is 6.76. The molecule has 1 fully saturated rings. The predicted octanol–water partition coefficient (Wildman–Crippen LogP) is 4.61. The summed E-state index contributed by atoms with van der Waals surface area (Å²) in [6.45, 7) is 4.34. The molecule has 0 radical (unpaired) electrons. The molecule has 31 heavy (non-hydrogen) atoms. The van der Waals surface area contributed by atoms with Gasteiger partial charge in [-0.25, -0.2) is 4.99 Å². The second-order valence-corrected chi connectivity index (χ2v) is 7.56. The number of benzene rings is 1. The number of guanidine groups is 1. The minimum Gasteiger partial charge on any atom is -0.469 e. The maximum absolute atomic E-state index is 5.75. The van der Waals surface area contributed by atoms with Gasteiger partial charge in [-0.15, -0.1) is 24.0 Å². The number of halogens is 1. The summed E-state index contributed by atoms with van der Waals surface area (Å²) in [6, 6.07) is 18.5. The molecule has 3 aromatic rings. The van der Waals surface area contributed by atoms with Crippen molar-refractivity contribution in [3.63, 3.8) is 0 Å². The average molecular weight is 534 g/mol. The minimum atomic E-state index is 0. The van der Waals surface area contributed by atoms with Crippen molar-refractivity contribution >= 4 is 29.9 Å². The molecule has 3 heterocycles. The van der Waals surface area contributed by atoms with E-state index in [1.165, 1.54) is 18.4 Å². The number of hydrogen-bond donors (Lipinski definition) is 2. The molecule has 1 saturated heterocycles. The molecule has 4 rings (SSSR count). The molecule has 0 saturated carbocycles. The third-order valence-corrected chi connectivity index (χ3v) is 5.42. The molecule has 7 heteroatoms. The lowest BCUT2D eigenvalue weighted by molar-refractivity contribution is 0.215. The molecule has 2 aromatic heterocycles. The van der Waals surface area contributed by atoms with Crippen LogP contribution in [-0.2, 0) is 13.0 Å². The number of nitrogens with one attached hydrogen (secondary N) is 2. The van der Waals surface area contributed by atoms with E-state index in [1.54, 1.807) is 12.5 Å². The second-order valence-electron chi connectivity index (χ2n) is 7.56. The maximum Gasteiger partial charge on any atom is 0.191 e. The second kappa shape index (κ2) is 12.6. The van der Waals surface area contributed by atoms with Crippen LogP contribution in [0.15, 0.2) is 81.0 Å². The quantitative estimate of drug-likeness (QED) is 0.239. The van der Waals surface area contributed by atoms with E-state index in [0.29, 0.717) is 6.54 Å². The van der Waals surface area contributed by atoms with Gasteiger partial charge < -0.3 is 19.5 Å². The molecular weight excluding hydrogens is 503 g/mol. The van der Waals surface area contributed by atoms with E-state index in [1.807, 2.05) is 36.4 Å². The zero-order chi connectivity index (χ0) is 20.4. The number of likely N-dealkylation sites (tertiary alicyclic amines) is 1. The topological polar surface area (TPSA) is 65.9 Å². The van der Waals surface area contributed by atoms with Crippen LogP contribution >= 0.6 is 24.0 Å². The van der Waals surface area contributed by atoms with E-state index in [2.05, 4.69) is 33.7 Å². The first kappa shape index (κ1) is 23.4. The first-order valence-corrected chi connectivity index (χ1v) is 10.7. The van der Waals surface area contributed by atoms with E-state index >= 15 is 0 Å². The van der Waals surface area contributed by atoms with Gasteiger partial charge in [0, 0.05) is 19.5 Å². The summed E-state index contributed by atoms with van der Waals surface area (Å²) in [5, 5.41) is 6.99. The highest BCUT2D eigenvalue weighted by molar-refractivity contribution is 14.0. The summed E-state index contributed by atoms with van der Waals surface area (Å²) < 4.78 is 11.2. The van der Waals surface area contributed by atoms with Gasteiger partial charge in [0.15, 0.2) is 5.96 Å². The molecule has 1 unspecified atom stereocenters. The summed E-state index contributed by atoms with van der Waals surface area (Å²) >= 11 is 0. The Bertz CT molecular complexity index is 876. The monoisotopic (exact) mass is 534 g/mol. The molecular formula is C24H31IN4O2. The van der Waals surface area contributed by atoms with Crippen molar-refractivity contribution in [3.8, 4) is 0 Å². The molecule has 0 bridgehead atoms. The fraction of sp³-hybridized carbons (Fsp3) is 0.375. The standard InChI is InChI=1S/C24H30N4O2.HI/c1-2-8-20(9-3-1)18-26-24(25-13-12-21-10-6-16-29-21)27-19-22(23-11-7-17-30-23)28-14-4-5-15-28;/h1-3,6-11,16-17,22H,4-5,12-15,18-19H2,(H2,25,26,27);1H. The van der Waals surface area contributed by atoms with Crippen LogP contribution in [0.1, 0.15) is 36.0 Å². The van der Waals surface area contributed by atoms with Crippen LogP contribution in [0.5, 0.6) is 0 Å². The van der Waals surface area contributed by atoms with Gasteiger partial charge in [0.2, 0.25) is 0 Å². The van der Waals surface area contributed by atoms with Crippen molar-refractivity contribution in [3.05, 3.63) is 84.2 Å². The molecule has 1 aromatic carbocycles. The number of aliphatic imine (C=N–C) groups is 1. The molecule has 1 aliphatic heterocycles. The van der Waals surface area contributed by atoms with Crippen LogP contribution in [0, 0.1) is 0 Å². The summed E-state index contributed by atoms with van der Waals surface area (Å²) in [4.78, 5) is 7.30. The van der Waals surface area contributed by atoms with Crippen molar-refractivity contribution in [1.82, 2.24) is 15.5 Å². The summed E-state index contributed by atoms with van der Waals surface area (Å²) in [5.41, 5.74) is 1.19. The summed E-state index contributed by atoms with van der Waals surface area (Å²) in [7, 11) is 0. The van der Waals surface area contributed by atoms with Crippen molar-refractivity contribution in [2.75, 3.05) is 26.2 Å². The minimum absolute atomic E-state index is 0. The Hall–Kier alpha value is -2.26. The van der Waals surface area contributed by atoms with Gasteiger partial charge in [-0.1, -0.05) is 30.3 Å². The highest BCUT2D eigenvalue weighted by Crippen LogP contribution is 2.24. The molecule has 6 nitrogen and oxygen atoms in total. The zero-order valence-electron chi connectivity index (χ0n) is 17.7. The Kier molecular flexibility index (Phi) is 9.48. The highest BCUT2D eigenvalue weighted by Gasteiger charge is 2.25. The molecule has 0 aliphatic carbocycles. The number of nitrogens with zero attached hydrogens (tertiary/aromatic N) is 2. The van der Waals surface area contributed by atoms with Gasteiger partial charge in [-0.3, -0.25) is 4.90 Å². The van der Waals surface area contributed by atoms with Crippen molar-refractivity contribution in [2.45, 2.75) is 31.8 Å². The van der Waals surface area contributed by atoms with Crippen LogP contribution in [0.3, 0.4) is 0 Å². The largest absolute Gasteiger partial charge is 0.469 e. The average Bonchev–Trinajstić information content (AvgIpc) is 3.56. The SMILES string of the molecule is I.c1ccc(CN=C(NCCc2ccco2)NCC(c2ccco2)N2CCCC2)cc1. The first-order valence-electron chi connectivity index (χ1n) is 10.7. The van der Waals surface area contributed by atoms with Gasteiger partial charge in [0.25, 0.3) is 0 Å². The fourth-order valence-electron chi connectivity index (χ4n) is 3.82. The van der Waals surface area contributed by atoms with Crippen LogP contribution in [0.2, 0.25) is 0 Å². The van der Waals surface area contributed by atoms with Crippen LogP contribution in [-0.4, -0.2) is 37.0 Å². The van der Waals surface area contributed by atoms with Crippen molar-refractivity contribution in [1.29, 1.82) is 0 Å². The van der Waals surface area contributed by atoms with E-state index in [0.717, 1.165) is 50.1 Å².